The molecule has 2 amide bonds. The molecule has 122 valence electrons. The first-order valence-corrected chi connectivity index (χ1v) is 7.39. The molecule has 1 saturated carbocycles. The molecule has 0 heterocycles. The summed E-state index contributed by atoms with van der Waals surface area (Å²) in [6.45, 7) is 3.04. The number of nitrogens with one attached hydrogen (secondary N) is 1. The molecule has 1 aliphatic carbocycles. The van der Waals surface area contributed by atoms with Crippen LogP contribution in [0.2, 0.25) is 0 Å². The van der Waals surface area contributed by atoms with Crippen molar-refractivity contribution in [3.63, 3.8) is 0 Å². The first-order valence-electron chi connectivity index (χ1n) is 7.39. The van der Waals surface area contributed by atoms with Crippen molar-refractivity contribution in [2.75, 3.05) is 25.0 Å². The predicted octanol–water partition coefficient (Wildman–Crippen LogP) is 1.81. The summed E-state index contributed by atoms with van der Waals surface area (Å²) in [4.78, 5) is 26.1. The van der Waals surface area contributed by atoms with E-state index >= 15 is 0 Å². The van der Waals surface area contributed by atoms with Crippen LogP contribution in [0.4, 0.5) is 5.69 Å². The Hall–Kier alpha value is -1.59. The molecule has 0 aromatic heterocycles. The first kappa shape index (κ1) is 18.5. The van der Waals surface area contributed by atoms with Gasteiger partial charge in [0.15, 0.2) is 0 Å². The lowest BCUT2D eigenvalue weighted by molar-refractivity contribution is -0.119. The fourth-order valence-electron chi connectivity index (χ4n) is 2.13. The highest BCUT2D eigenvalue weighted by Gasteiger charge is 2.33. The van der Waals surface area contributed by atoms with Gasteiger partial charge in [0.05, 0.1) is 11.3 Å². The van der Waals surface area contributed by atoms with Crippen LogP contribution in [0.5, 0.6) is 0 Å². The zero-order chi connectivity index (χ0) is 15.4. The van der Waals surface area contributed by atoms with E-state index in [0.717, 1.165) is 12.8 Å². The fourth-order valence-corrected chi connectivity index (χ4v) is 2.13. The molecule has 0 saturated heterocycles. The number of amides is 2. The summed E-state index contributed by atoms with van der Waals surface area (Å²) in [5.41, 5.74) is 6.74. The minimum absolute atomic E-state index is 0. The SMILES string of the molecule is CC(CN)CNC(=O)c1ccccc1N(C)C(=O)C1CC1.Cl. The Kier molecular flexibility index (Phi) is 6.84. The molecule has 0 radical (unpaired) electrons. The van der Waals surface area contributed by atoms with Gasteiger partial charge >= 0.3 is 0 Å². The van der Waals surface area contributed by atoms with Crippen LogP contribution >= 0.6 is 12.4 Å². The minimum Gasteiger partial charge on any atom is -0.352 e. The highest BCUT2D eigenvalue weighted by atomic mass is 35.5. The summed E-state index contributed by atoms with van der Waals surface area (Å²) in [6, 6.07) is 7.20. The van der Waals surface area contributed by atoms with Crippen molar-refractivity contribution in [1.82, 2.24) is 5.32 Å². The number of hydrogen-bond donors (Lipinski definition) is 2. The average Bonchev–Trinajstić information content (AvgIpc) is 3.35. The van der Waals surface area contributed by atoms with Gasteiger partial charge in [-0.05, 0) is 37.4 Å². The van der Waals surface area contributed by atoms with Gasteiger partial charge in [0.25, 0.3) is 5.91 Å². The molecule has 1 fully saturated rings. The monoisotopic (exact) mass is 325 g/mol. The number of carbonyl (C=O) groups excluding carboxylic acids is 2. The molecular formula is C16H24ClN3O2. The third-order valence-electron chi connectivity index (χ3n) is 3.78. The Morgan fingerprint density at radius 2 is 2.00 bits per heavy atom. The van der Waals surface area contributed by atoms with Crippen molar-refractivity contribution >= 4 is 29.9 Å². The predicted molar refractivity (Wildman–Crippen MR) is 90.4 cm³/mol. The molecule has 0 aliphatic heterocycles. The minimum atomic E-state index is -0.165. The van der Waals surface area contributed by atoms with Crippen molar-refractivity contribution in [2.45, 2.75) is 19.8 Å². The van der Waals surface area contributed by atoms with E-state index in [1.165, 1.54) is 0 Å². The second-order valence-corrected chi connectivity index (χ2v) is 5.74. The molecule has 1 atom stereocenters. The van der Waals surface area contributed by atoms with E-state index in [4.69, 9.17) is 5.73 Å². The summed E-state index contributed by atoms with van der Waals surface area (Å²) in [5, 5.41) is 2.87. The van der Waals surface area contributed by atoms with Crippen molar-refractivity contribution in [3.8, 4) is 0 Å². The van der Waals surface area contributed by atoms with Crippen molar-refractivity contribution in [2.24, 2.45) is 17.6 Å². The van der Waals surface area contributed by atoms with Crippen LogP contribution in [0, 0.1) is 11.8 Å². The van der Waals surface area contributed by atoms with Gasteiger partial charge in [0, 0.05) is 19.5 Å². The van der Waals surface area contributed by atoms with Crippen LogP contribution in [0.1, 0.15) is 30.1 Å². The fraction of sp³-hybridized carbons (Fsp3) is 0.500. The lowest BCUT2D eigenvalue weighted by Crippen LogP contribution is -2.34. The standard InChI is InChI=1S/C16H23N3O2.ClH/c1-11(9-17)10-18-15(20)13-5-3-4-6-14(13)19(2)16(21)12-7-8-12;/h3-6,11-12H,7-10,17H2,1-2H3,(H,18,20);1H. The molecule has 6 heteroatoms. The first-order chi connectivity index (χ1) is 10.0. The Bertz CT molecular complexity index is 532. The zero-order valence-electron chi connectivity index (χ0n) is 13.0. The summed E-state index contributed by atoms with van der Waals surface area (Å²) in [5.74, 6) is 0.280. The number of halogens is 1. The number of nitrogens with zero attached hydrogens (tertiary/aromatic N) is 1. The number of nitrogens with two attached hydrogens (primary N) is 1. The second kappa shape index (κ2) is 8.15. The molecule has 1 unspecified atom stereocenters. The van der Waals surface area contributed by atoms with E-state index in [9.17, 15) is 9.59 Å². The highest BCUT2D eigenvalue weighted by Crippen LogP contribution is 2.33. The van der Waals surface area contributed by atoms with E-state index in [-0.39, 0.29) is 36.1 Å². The van der Waals surface area contributed by atoms with E-state index < -0.39 is 0 Å². The van der Waals surface area contributed by atoms with Crippen molar-refractivity contribution < 1.29 is 9.59 Å². The lowest BCUT2D eigenvalue weighted by Gasteiger charge is -2.20. The Balaban J connectivity index is 0.00000242. The third kappa shape index (κ3) is 4.45. The molecular weight excluding hydrogens is 302 g/mol. The zero-order valence-corrected chi connectivity index (χ0v) is 13.9. The van der Waals surface area contributed by atoms with Crippen LogP contribution in [0.25, 0.3) is 0 Å². The summed E-state index contributed by atoms with van der Waals surface area (Å²) in [7, 11) is 1.73. The molecule has 0 bridgehead atoms. The maximum Gasteiger partial charge on any atom is 0.253 e. The van der Waals surface area contributed by atoms with Crippen LogP contribution in [-0.4, -0.2) is 32.0 Å². The van der Waals surface area contributed by atoms with E-state index in [0.29, 0.717) is 24.3 Å². The number of para-hydroxylation sites is 1. The number of anilines is 1. The molecule has 0 spiro atoms. The van der Waals surface area contributed by atoms with Gasteiger partial charge in [-0.15, -0.1) is 12.4 Å². The van der Waals surface area contributed by atoms with Crippen LogP contribution in [-0.2, 0) is 4.79 Å². The molecule has 1 aromatic rings. The molecule has 2 rings (SSSR count). The average molecular weight is 326 g/mol. The maximum absolute atomic E-state index is 12.3. The Morgan fingerprint density at radius 1 is 1.36 bits per heavy atom. The topological polar surface area (TPSA) is 75.4 Å². The van der Waals surface area contributed by atoms with Gasteiger partial charge in [0.1, 0.15) is 0 Å². The Labute approximate surface area is 137 Å². The highest BCUT2D eigenvalue weighted by molar-refractivity contribution is 6.05. The van der Waals surface area contributed by atoms with Gasteiger partial charge < -0.3 is 16.0 Å². The molecule has 22 heavy (non-hydrogen) atoms. The molecule has 1 aromatic carbocycles. The second-order valence-electron chi connectivity index (χ2n) is 5.74. The smallest absolute Gasteiger partial charge is 0.253 e. The number of hydrogen-bond acceptors (Lipinski definition) is 3. The number of benzene rings is 1. The van der Waals surface area contributed by atoms with Crippen molar-refractivity contribution in [1.29, 1.82) is 0 Å². The van der Waals surface area contributed by atoms with E-state index in [1.54, 1.807) is 24.1 Å². The summed E-state index contributed by atoms with van der Waals surface area (Å²) >= 11 is 0. The van der Waals surface area contributed by atoms with Gasteiger partial charge in [-0.25, -0.2) is 0 Å². The van der Waals surface area contributed by atoms with Gasteiger partial charge in [-0.3, -0.25) is 9.59 Å². The van der Waals surface area contributed by atoms with Crippen LogP contribution < -0.4 is 16.0 Å². The van der Waals surface area contributed by atoms with Gasteiger partial charge in [0.2, 0.25) is 5.91 Å². The normalized spacial score (nSPS) is 14.7. The largest absolute Gasteiger partial charge is 0.352 e. The third-order valence-corrected chi connectivity index (χ3v) is 3.78. The van der Waals surface area contributed by atoms with E-state index in [2.05, 4.69) is 5.32 Å². The lowest BCUT2D eigenvalue weighted by atomic mass is 10.1. The number of rotatable bonds is 6. The van der Waals surface area contributed by atoms with Crippen LogP contribution in [0.15, 0.2) is 24.3 Å². The quantitative estimate of drug-likeness (QED) is 0.837. The van der Waals surface area contributed by atoms with Gasteiger partial charge in [-0.2, -0.15) is 0 Å². The van der Waals surface area contributed by atoms with Crippen molar-refractivity contribution in [3.05, 3.63) is 29.8 Å². The van der Waals surface area contributed by atoms with Crippen LogP contribution in [0.3, 0.4) is 0 Å². The molecule has 3 N–H and O–H groups in total. The maximum atomic E-state index is 12.3. The molecule has 5 nitrogen and oxygen atoms in total. The number of carbonyl (C=O) groups is 2. The summed E-state index contributed by atoms with van der Waals surface area (Å²) < 4.78 is 0. The Morgan fingerprint density at radius 3 is 2.59 bits per heavy atom. The van der Waals surface area contributed by atoms with E-state index in [1.807, 2.05) is 19.1 Å². The summed E-state index contributed by atoms with van der Waals surface area (Å²) in [6.07, 6.45) is 1.90. The molecule has 1 aliphatic rings. The van der Waals surface area contributed by atoms with Gasteiger partial charge in [-0.1, -0.05) is 19.1 Å².